The molecule has 1 aliphatic rings. The summed E-state index contributed by atoms with van der Waals surface area (Å²) in [4.78, 5) is 13.2. The zero-order chi connectivity index (χ0) is 11.5. The van der Waals surface area contributed by atoms with E-state index in [-0.39, 0.29) is 11.8 Å². The highest BCUT2D eigenvalue weighted by atomic mass is 32.1. The molecule has 16 heavy (non-hydrogen) atoms. The molecule has 1 saturated heterocycles. The Bertz CT molecular complexity index is 438. The maximum Gasteiger partial charge on any atom is 0.230 e. The van der Waals surface area contributed by atoms with Gasteiger partial charge in [-0.25, -0.2) is 0 Å². The molecule has 0 aliphatic carbocycles. The van der Waals surface area contributed by atoms with Crippen molar-refractivity contribution >= 4 is 22.4 Å². The molecule has 1 aliphatic heterocycles. The molecule has 0 spiro atoms. The molecule has 0 N–H and O–H groups in total. The van der Waals surface area contributed by atoms with E-state index >= 15 is 0 Å². The maximum atomic E-state index is 11.6. The van der Waals surface area contributed by atoms with Gasteiger partial charge in [-0.05, 0) is 0 Å². The van der Waals surface area contributed by atoms with Crippen LogP contribution in [-0.4, -0.2) is 29.8 Å². The molecule has 2 heterocycles. The van der Waals surface area contributed by atoms with Gasteiger partial charge >= 0.3 is 0 Å². The van der Waals surface area contributed by atoms with Gasteiger partial charge in [0.05, 0.1) is 0 Å². The van der Waals surface area contributed by atoms with Crippen LogP contribution in [0.4, 0.5) is 5.13 Å². The van der Waals surface area contributed by atoms with Crippen molar-refractivity contribution < 1.29 is 9.53 Å². The van der Waals surface area contributed by atoms with E-state index in [0.29, 0.717) is 24.7 Å². The van der Waals surface area contributed by atoms with E-state index in [4.69, 9.17) is 11.2 Å². The molecule has 1 atom stereocenters. The number of aromatic nitrogens is 2. The standard InChI is InChI=1S/C10H11N3O2S/c1-3-7-4-9(14)13(5-7)10-12-11-8(16-10)6-15-2/h1,7H,4-6H2,2H3. The van der Waals surface area contributed by atoms with Gasteiger partial charge in [-0.1, -0.05) is 11.3 Å². The van der Waals surface area contributed by atoms with Crippen LogP contribution >= 0.6 is 11.3 Å². The average Bonchev–Trinajstić information content (AvgIpc) is 2.85. The van der Waals surface area contributed by atoms with Crippen molar-refractivity contribution in [1.82, 2.24) is 10.2 Å². The van der Waals surface area contributed by atoms with Crippen molar-refractivity contribution in [3.8, 4) is 12.3 Å². The van der Waals surface area contributed by atoms with Gasteiger partial charge in [0.2, 0.25) is 11.0 Å². The number of nitrogens with zero attached hydrogens (tertiary/aromatic N) is 3. The Labute approximate surface area is 97.4 Å². The summed E-state index contributed by atoms with van der Waals surface area (Å²) in [6.45, 7) is 0.954. The molecule has 2 rings (SSSR count). The van der Waals surface area contributed by atoms with E-state index in [0.717, 1.165) is 5.01 Å². The number of hydrogen-bond donors (Lipinski definition) is 0. The fourth-order valence-corrected chi connectivity index (χ4v) is 2.38. The fourth-order valence-electron chi connectivity index (χ4n) is 1.54. The molecule has 1 amide bonds. The number of amides is 1. The van der Waals surface area contributed by atoms with Crippen LogP contribution in [0.2, 0.25) is 0 Å². The van der Waals surface area contributed by atoms with Gasteiger partial charge in [-0.2, -0.15) is 0 Å². The number of ether oxygens (including phenoxy) is 1. The summed E-state index contributed by atoms with van der Waals surface area (Å²) in [6.07, 6.45) is 5.71. The normalized spacial score (nSPS) is 20.1. The van der Waals surface area contributed by atoms with E-state index < -0.39 is 0 Å². The molecular weight excluding hydrogens is 226 g/mol. The number of methoxy groups -OCH3 is 1. The largest absolute Gasteiger partial charge is 0.377 e. The monoisotopic (exact) mass is 237 g/mol. The van der Waals surface area contributed by atoms with Crippen molar-refractivity contribution in [2.24, 2.45) is 5.92 Å². The molecule has 5 nitrogen and oxygen atoms in total. The lowest BCUT2D eigenvalue weighted by molar-refractivity contribution is -0.117. The van der Waals surface area contributed by atoms with Crippen LogP contribution in [-0.2, 0) is 16.1 Å². The minimum absolute atomic E-state index is 0.0118. The summed E-state index contributed by atoms with van der Waals surface area (Å²) in [5.41, 5.74) is 0. The molecule has 1 aromatic rings. The first kappa shape index (κ1) is 11.0. The molecule has 84 valence electrons. The minimum Gasteiger partial charge on any atom is -0.377 e. The number of hydrogen-bond acceptors (Lipinski definition) is 5. The van der Waals surface area contributed by atoms with Crippen molar-refractivity contribution in [3.05, 3.63) is 5.01 Å². The lowest BCUT2D eigenvalue weighted by atomic mass is 10.1. The van der Waals surface area contributed by atoms with Crippen molar-refractivity contribution in [2.45, 2.75) is 13.0 Å². The second-order valence-electron chi connectivity index (χ2n) is 3.48. The summed E-state index contributed by atoms with van der Waals surface area (Å²) in [5.74, 6) is 2.60. The zero-order valence-electron chi connectivity index (χ0n) is 8.84. The van der Waals surface area contributed by atoms with Gasteiger partial charge in [-0.3, -0.25) is 9.69 Å². The van der Waals surface area contributed by atoms with Crippen LogP contribution in [0.5, 0.6) is 0 Å². The first-order valence-corrected chi connectivity index (χ1v) is 5.64. The third-order valence-electron chi connectivity index (χ3n) is 2.32. The number of carbonyl (C=O) groups is 1. The van der Waals surface area contributed by atoms with E-state index in [9.17, 15) is 4.79 Å². The van der Waals surface area contributed by atoms with Crippen molar-refractivity contribution in [3.63, 3.8) is 0 Å². The SMILES string of the molecule is C#CC1CC(=O)N(c2nnc(COC)s2)C1. The van der Waals surface area contributed by atoms with Crippen LogP contribution in [0.25, 0.3) is 0 Å². The van der Waals surface area contributed by atoms with Gasteiger partial charge in [-0.15, -0.1) is 22.5 Å². The van der Waals surface area contributed by atoms with Crippen molar-refractivity contribution in [1.29, 1.82) is 0 Å². The average molecular weight is 237 g/mol. The molecule has 1 unspecified atom stereocenters. The Morgan fingerprint density at radius 2 is 2.50 bits per heavy atom. The molecule has 6 heteroatoms. The predicted octanol–water partition coefficient (Wildman–Crippen LogP) is 0.671. The quantitative estimate of drug-likeness (QED) is 0.725. The van der Waals surface area contributed by atoms with Crippen molar-refractivity contribution in [2.75, 3.05) is 18.6 Å². The van der Waals surface area contributed by atoms with Crippen LogP contribution in [0.3, 0.4) is 0 Å². The van der Waals surface area contributed by atoms with Crippen LogP contribution in [0.1, 0.15) is 11.4 Å². The van der Waals surface area contributed by atoms with Crippen LogP contribution in [0.15, 0.2) is 0 Å². The van der Waals surface area contributed by atoms with Gasteiger partial charge in [0.15, 0.2) is 0 Å². The summed E-state index contributed by atoms with van der Waals surface area (Å²) in [6, 6.07) is 0. The molecule has 0 aromatic carbocycles. The Hall–Kier alpha value is -1.45. The third kappa shape index (κ3) is 2.05. The molecule has 0 saturated carbocycles. The highest BCUT2D eigenvalue weighted by molar-refractivity contribution is 7.15. The summed E-state index contributed by atoms with van der Waals surface area (Å²) >= 11 is 1.36. The van der Waals surface area contributed by atoms with E-state index in [2.05, 4.69) is 16.1 Å². The Morgan fingerprint density at radius 1 is 1.69 bits per heavy atom. The highest BCUT2D eigenvalue weighted by Gasteiger charge is 2.31. The van der Waals surface area contributed by atoms with Crippen LogP contribution < -0.4 is 4.90 Å². The molecule has 1 aromatic heterocycles. The van der Waals surface area contributed by atoms with Gasteiger partial charge in [0.1, 0.15) is 11.6 Å². The molecule has 0 bridgehead atoms. The fraction of sp³-hybridized carbons (Fsp3) is 0.500. The Balaban J connectivity index is 2.12. The van der Waals surface area contributed by atoms with E-state index in [1.165, 1.54) is 11.3 Å². The maximum absolute atomic E-state index is 11.6. The highest BCUT2D eigenvalue weighted by Crippen LogP contribution is 2.27. The smallest absolute Gasteiger partial charge is 0.230 e. The van der Waals surface area contributed by atoms with Gasteiger partial charge in [0.25, 0.3) is 0 Å². The number of anilines is 1. The van der Waals surface area contributed by atoms with Gasteiger partial charge < -0.3 is 4.74 Å². The number of rotatable bonds is 3. The second-order valence-corrected chi connectivity index (χ2v) is 4.52. The molecular formula is C10H11N3O2S. The van der Waals surface area contributed by atoms with E-state index in [1.54, 1.807) is 12.0 Å². The molecule has 0 radical (unpaired) electrons. The van der Waals surface area contributed by atoms with Gasteiger partial charge in [0, 0.05) is 26.0 Å². The summed E-state index contributed by atoms with van der Waals surface area (Å²) < 4.78 is 4.95. The molecule has 1 fully saturated rings. The number of terminal acetylenes is 1. The minimum atomic E-state index is -0.0118. The van der Waals surface area contributed by atoms with E-state index in [1.807, 2.05) is 0 Å². The predicted molar refractivity (Wildman–Crippen MR) is 59.9 cm³/mol. The second kappa shape index (κ2) is 4.60. The Morgan fingerprint density at radius 3 is 3.12 bits per heavy atom. The first-order valence-electron chi connectivity index (χ1n) is 4.82. The summed E-state index contributed by atoms with van der Waals surface area (Å²) in [5, 5.41) is 9.26. The lowest BCUT2D eigenvalue weighted by Crippen LogP contribution is -2.24. The lowest BCUT2D eigenvalue weighted by Gasteiger charge is -2.09. The topological polar surface area (TPSA) is 55.3 Å². The zero-order valence-corrected chi connectivity index (χ0v) is 9.66. The number of carbonyl (C=O) groups excluding carboxylic acids is 1. The summed E-state index contributed by atoms with van der Waals surface area (Å²) in [7, 11) is 1.59. The third-order valence-corrected chi connectivity index (χ3v) is 3.24. The Kier molecular flexibility index (Phi) is 3.17. The first-order chi connectivity index (χ1) is 7.74. The van der Waals surface area contributed by atoms with Crippen LogP contribution in [0, 0.1) is 18.3 Å².